The van der Waals surface area contributed by atoms with Gasteiger partial charge in [-0.05, 0) is 43.0 Å². The van der Waals surface area contributed by atoms with Gasteiger partial charge >= 0.3 is 0 Å². The van der Waals surface area contributed by atoms with Gasteiger partial charge in [0.05, 0.1) is 0 Å². The van der Waals surface area contributed by atoms with Crippen LogP contribution in [0, 0.1) is 0 Å². The molecule has 0 aromatic heterocycles. The molecule has 0 spiro atoms. The lowest BCUT2D eigenvalue weighted by Crippen LogP contribution is -2.51. The van der Waals surface area contributed by atoms with E-state index in [0.717, 1.165) is 17.5 Å². The van der Waals surface area contributed by atoms with E-state index in [1.807, 2.05) is 81.4 Å². The van der Waals surface area contributed by atoms with Gasteiger partial charge in [-0.2, -0.15) is 0 Å². The molecule has 190 valence electrons. The number of carbonyl (C=O) groups excluding carboxylic acids is 2. The minimum atomic E-state index is -0.647. The Morgan fingerprint density at radius 1 is 0.806 bits per heavy atom. The minimum absolute atomic E-state index is 0.00814. The molecule has 0 radical (unpaired) electrons. The Balaban J connectivity index is 2.00. The summed E-state index contributed by atoms with van der Waals surface area (Å²) in [6.07, 6.45) is 1.48. The molecule has 0 saturated heterocycles. The second-order valence-electron chi connectivity index (χ2n) is 9.04. The Morgan fingerprint density at radius 3 is 1.81 bits per heavy atom. The van der Waals surface area contributed by atoms with E-state index in [2.05, 4.69) is 5.32 Å². The molecule has 0 aliphatic rings. The first-order chi connectivity index (χ1) is 17.3. The summed E-state index contributed by atoms with van der Waals surface area (Å²) in [5.41, 5.74) is 2.73. The van der Waals surface area contributed by atoms with Crippen LogP contribution in [0.15, 0.2) is 78.9 Å². The minimum Gasteiger partial charge on any atom is -0.352 e. The summed E-state index contributed by atoms with van der Waals surface area (Å²) >= 11 is 13.0. The summed E-state index contributed by atoms with van der Waals surface area (Å²) in [4.78, 5) is 29.0. The molecule has 2 atom stereocenters. The zero-order chi connectivity index (χ0) is 26.1. The fraction of sp³-hybridized carbons (Fsp3) is 0.333. The van der Waals surface area contributed by atoms with Crippen LogP contribution >= 0.6 is 23.2 Å². The van der Waals surface area contributed by atoms with Gasteiger partial charge in [-0.1, -0.05) is 104 Å². The van der Waals surface area contributed by atoms with E-state index >= 15 is 0 Å². The van der Waals surface area contributed by atoms with Crippen molar-refractivity contribution in [1.29, 1.82) is 0 Å². The van der Waals surface area contributed by atoms with Gasteiger partial charge in [-0.25, -0.2) is 0 Å². The van der Waals surface area contributed by atoms with Crippen LogP contribution < -0.4 is 5.32 Å². The van der Waals surface area contributed by atoms with Crippen LogP contribution in [0.1, 0.15) is 62.6 Å². The molecule has 36 heavy (non-hydrogen) atoms. The Morgan fingerprint density at radius 2 is 1.33 bits per heavy atom. The first kappa shape index (κ1) is 27.8. The molecule has 0 heterocycles. The number of rotatable bonds is 11. The van der Waals surface area contributed by atoms with Crippen LogP contribution in [0.2, 0.25) is 10.0 Å². The molecule has 0 aliphatic carbocycles. The van der Waals surface area contributed by atoms with Gasteiger partial charge in [0.15, 0.2) is 0 Å². The number of nitrogens with zero attached hydrogens (tertiary/aromatic N) is 1. The molecular formula is C30H34Cl2N2O2. The SMILES string of the molecule is CCC(C)NC(=O)C(CC)N(Cc1c(Cl)cccc1Cl)C(=O)CC(c1ccccc1)c1ccccc1. The molecule has 4 nitrogen and oxygen atoms in total. The van der Waals surface area contributed by atoms with E-state index in [1.165, 1.54) is 0 Å². The van der Waals surface area contributed by atoms with Crippen molar-refractivity contribution in [2.45, 2.75) is 64.6 Å². The number of halogens is 2. The van der Waals surface area contributed by atoms with Gasteiger partial charge in [-0.15, -0.1) is 0 Å². The van der Waals surface area contributed by atoms with Crippen LogP contribution in [0.25, 0.3) is 0 Å². The van der Waals surface area contributed by atoms with Gasteiger partial charge in [0, 0.05) is 40.5 Å². The van der Waals surface area contributed by atoms with Crippen LogP contribution in [-0.2, 0) is 16.1 Å². The van der Waals surface area contributed by atoms with Crippen molar-refractivity contribution in [2.24, 2.45) is 0 Å². The highest BCUT2D eigenvalue weighted by atomic mass is 35.5. The van der Waals surface area contributed by atoms with Crippen LogP contribution in [-0.4, -0.2) is 28.8 Å². The third kappa shape index (κ3) is 7.11. The second-order valence-corrected chi connectivity index (χ2v) is 9.86. The molecule has 3 rings (SSSR count). The van der Waals surface area contributed by atoms with Crippen molar-refractivity contribution in [1.82, 2.24) is 10.2 Å². The van der Waals surface area contributed by atoms with Crippen molar-refractivity contribution in [2.75, 3.05) is 0 Å². The maximum absolute atomic E-state index is 14.0. The van der Waals surface area contributed by atoms with E-state index in [1.54, 1.807) is 23.1 Å². The number of benzene rings is 3. The number of hydrogen-bond donors (Lipinski definition) is 1. The maximum atomic E-state index is 14.0. The Kier molecular flexibility index (Phi) is 10.4. The summed E-state index contributed by atoms with van der Waals surface area (Å²) in [7, 11) is 0. The zero-order valence-electron chi connectivity index (χ0n) is 21.1. The van der Waals surface area contributed by atoms with Crippen molar-refractivity contribution in [3.8, 4) is 0 Å². The van der Waals surface area contributed by atoms with E-state index < -0.39 is 6.04 Å². The van der Waals surface area contributed by atoms with Crippen LogP contribution in [0.4, 0.5) is 0 Å². The summed E-state index contributed by atoms with van der Waals surface area (Å²) in [6, 6.07) is 24.6. The fourth-order valence-corrected chi connectivity index (χ4v) is 4.82. The summed E-state index contributed by atoms with van der Waals surface area (Å²) in [6.45, 7) is 6.05. The van der Waals surface area contributed by atoms with Crippen molar-refractivity contribution >= 4 is 35.0 Å². The predicted octanol–water partition coefficient (Wildman–Crippen LogP) is 7.24. The second kappa shape index (κ2) is 13.5. The first-order valence-corrected chi connectivity index (χ1v) is 13.2. The van der Waals surface area contributed by atoms with Crippen molar-refractivity contribution < 1.29 is 9.59 Å². The standard InChI is InChI=1S/C30H34Cl2N2O2/c1-4-21(3)33-30(36)28(5-2)34(20-25-26(31)17-12-18-27(25)32)29(35)19-24(22-13-8-6-9-14-22)23-15-10-7-11-16-23/h6-18,21,24,28H,4-5,19-20H2,1-3H3,(H,33,36). The fourth-order valence-electron chi connectivity index (χ4n) is 4.31. The average Bonchev–Trinajstić information content (AvgIpc) is 2.89. The molecule has 3 aromatic rings. The van der Waals surface area contributed by atoms with Gasteiger partial charge < -0.3 is 10.2 Å². The first-order valence-electron chi connectivity index (χ1n) is 12.5. The number of nitrogens with one attached hydrogen (secondary N) is 1. The summed E-state index contributed by atoms with van der Waals surface area (Å²) < 4.78 is 0. The van der Waals surface area contributed by atoms with Crippen molar-refractivity contribution in [3.63, 3.8) is 0 Å². The molecular weight excluding hydrogens is 491 g/mol. The molecule has 2 amide bonds. The highest BCUT2D eigenvalue weighted by Gasteiger charge is 2.32. The number of amides is 2. The number of hydrogen-bond acceptors (Lipinski definition) is 2. The summed E-state index contributed by atoms with van der Waals surface area (Å²) in [5, 5.41) is 3.99. The van der Waals surface area contributed by atoms with Gasteiger partial charge in [0.1, 0.15) is 6.04 Å². The van der Waals surface area contributed by atoms with E-state index in [0.29, 0.717) is 22.0 Å². The number of carbonyl (C=O) groups is 2. The smallest absolute Gasteiger partial charge is 0.243 e. The maximum Gasteiger partial charge on any atom is 0.243 e. The van der Waals surface area contributed by atoms with Crippen LogP contribution in [0.5, 0.6) is 0 Å². The molecule has 0 saturated carbocycles. The molecule has 0 aliphatic heterocycles. The molecule has 2 unspecified atom stereocenters. The predicted molar refractivity (Wildman–Crippen MR) is 148 cm³/mol. The third-order valence-corrected chi connectivity index (χ3v) is 7.27. The Labute approximate surface area is 224 Å². The average molecular weight is 526 g/mol. The molecule has 3 aromatic carbocycles. The van der Waals surface area contributed by atoms with E-state index in [4.69, 9.17) is 23.2 Å². The van der Waals surface area contributed by atoms with Crippen molar-refractivity contribution in [3.05, 3.63) is 106 Å². The van der Waals surface area contributed by atoms with E-state index in [-0.39, 0.29) is 36.7 Å². The lowest BCUT2D eigenvalue weighted by atomic mass is 9.88. The Hall–Kier alpha value is -2.82. The lowest BCUT2D eigenvalue weighted by Gasteiger charge is -2.33. The molecule has 0 fully saturated rings. The zero-order valence-corrected chi connectivity index (χ0v) is 22.6. The van der Waals surface area contributed by atoms with Gasteiger partial charge in [-0.3, -0.25) is 9.59 Å². The lowest BCUT2D eigenvalue weighted by molar-refractivity contribution is -0.141. The van der Waals surface area contributed by atoms with Gasteiger partial charge in [0.25, 0.3) is 0 Å². The Bertz CT molecular complexity index is 1080. The monoisotopic (exact) mass is 524 g/mol. The highest BCUT2D eigenvalue weighted by Crippen LogP contribution is 2.31. The van der Waals surface area contributed by atoms with Crippen LogP contribution in [0.3, 0.4) is 0 Å². The normalized spacial score (nSPS) is 12.7. The molecule has 0 bridgehead atoms. The van der Waals surface area contributed by atoms with E-state index in [9.17, 15) is 9.59 Å². The quantitative estimate of drug-likeness (QED) is 0.287. The summed E-state index contributed by atoms with van der Waals surface area (Å²) in [5.74, 6) is -0.451. The molecule has 6 heteroatoms. The molecule has 1 N–H and O–H groups in total. The largest absolute Gasteiger partial charge is 0.352 e. The highest BCUT2D eigenvalue weighted by molar-refractivity contribution is 6.36. The third-order valence-electron chi connectivity index (χ3n) is 6.56. The topological polar surface area (TPSA) is 49.4 Å². The van der Waals surface area contributed by atoms with Gasteiger partial charge in [0.2, 0.25) is 11.8 Å².